The third kappa shape index (κ3) is 4.91. The van der Waals surface area contributed by atoms with E-state index < -0.39 is 0 Å². The zero-order valence-electron chi connectivity index (χ0n) is 14.0. The number of morpholine rings is 1. The third-order valence-corrected chi connectivity index (χ3v) is 3.77. The highest BCUT2D eigenvalue weighted by Crippen LogP contribution is 2.23. The Balaban J connectivity index is 1.52. The Hall–Kier alpha value is -2.64. The molecule has 2 aromatic rings. The number of hydrogen-bond acceptors (Lipinski definition) is 6. The minimum Gasteiger partial charge on any atom is -0.497 e. The molecule has 2 heterocycles. The van der Waals surface area contributed by atoms with Crippen molar-refractivity contribution in [1.29, 1.82) is 0 Å². The second kappa shape index (κ2) is 8.46. The van der Waals surface area contributed by atoms with Gasteiger partial charge in [-0.2, -0.15) is 0 Å². The Kier molecular flexibility index (Phi) is 5.81. The fourth-order valence-corrected chi connectivity index (χ4v) is 2.41. The Morgan fingerprint density at radius 1 is 1.36 bits per heavy atom. The summed E-state index contributed by atoms with van der Waals surface area (Å²) in [5.41, 5.74) is 0.892. The number of rotatable bonds is 6. The van der Waals surface area contributed by atoms with Crippen molar-refractivity contribution in [1.82, 2.24) is 15.6 Å². The molecule has 1 saturated heterocycles. The molecule has 3 rings (SSSR count). The van der Waals surface area contributed by atoms with Gasteiger partial charge < -0.3 is 24.8 Å². The van der Waals surface area contributed by atoms with Crippen LogP contribution in [-0.4, -0.2) is 43.8 Å². The zero-order valence-corrected chi connectivity index (χ0v) is 14.0. The smallest absolute Gasteiger partial charge is 0.239 e. The number of hydrogen-bond donors (Lipinski definition) is 2. The summed E-state index contributed by atoms with van der Waals surface area (Å²) in [7, 11) is 1.61. The van der Waals surface area contributed by atoms with Gasteiger partial charge in [-0.05, 0) is 17.7 Å². The van der Waals surface area contributed by atoms with Crippen molar-refractivity contribution in [3.05, 3.63) is 48.2 Å². The minimum atomic E-state index is -0.294. The van der Waals surface area contributed by atoms with E-state index in [0.29, 0.717) is 37.9 Å². The zero-order chi connectivity index (χ0) is 17.5. The van der Waals surface area contributed by atoms with Gasteiger partial charge >= 0.3 is 0 Å². The van der Waals surface area contributed by atoms with E-state index in [1.165, 1.54) is 0 Å². The number of benzene rings is 1. The van der Waals surface area contributed by atoms with E-state index in [1.54, 1.807) is 25.4 Å². The molecule has 0 saturated carbocycles. The number of aromatic nitrogens is 1. The number of carbonyl (C=O) groups excluding carboxylic acids is 1. The summed E-state index contributed by atoms with van der Waals surface area (Å²) >= 11 is 0. The standard InChI is InChI=1S/C18H21N3O4/c1-23-14-3-2-4-15(9-14)25-17-6-5-13(10-20-17)11-21-18(22)16-12-24-8-7-19-16/h2-6,9-10,16,19H,7-8,11-12H2,1H3,(H,21,22). The molecule has 1 unspecified atom stereocenters. The summed E-state index contributed by atoms with van der Waals surface area (Å²) in [4.78, 5) is 16.3. The van der Waals surface area contributed by atoms with E-state index in [9.17, 15) is 4.79 Å². The second-order valence-electron chi connectivity index (χ2n) is 5.59. The maximum Gasteiger partial charge on any atom is 0.239 e. The van der Waals surface area contributed by atoms with Crippen LogP contribution in [0.1, 0.15) is 5.56 Å². The molecule has 0 aliphatic carbocycles. The SMILES string of the molecule is COc1cccc(Oc2ccc(CNC(=O)C3COCCN3)cn2)c1. The van der Waals surface area contributed by atoms with Gasteiger partial charge in [0.05, 0.1) is 20.3 Å². The van der Waals surface area contributed by atoms with Crippen LogP contribution in [0.5, 0.6) is 17.4 Å². The molecule has 132 valence electrons. The Morgan fingerprint density at radius 3 is 2.96 bits per heavy atom. The molecule has 1 aliphatic heterocycles. The van der Waals surface area contributed by atoms with Gasteiger partial charge in [0, 0.05) is 31.4 Å². The molecule has 1 aliphatic rings. The van der Waals surface area contributed by atoms with Gasteiger partial charge in [0.2, 0.25) is 11.8 Å². The number of ether oxygens (including phenoxy) is 3. The lowest BCUT2D eigenvalue weighted by atomic mass is 10.2. The van der Waals surface area contributed by atoms with E-state index in [1.807, 2.05) is 24.3 Å². The van der Waals surface area contributed by atoms with Gasteiger partial charge in [0.15, 0.2) is 0 Å². The van der Waals surface area contributed by atoms with Crippen LogP contribution >= 0.6 is 0 Å². The monoisotopic (exact) mass is 343 g/mol. The maximum absolute atomic E-state index is 12.0. The number of methoxy groups -OCH3 is 1. The van der Waals surface area contributed by atoms with E-state index in [4.69, 9.17) is 14.2 Å². The molecule has 7 nitrogen and oxygen atoms in total. The van der Waals surface area contributed by atoms with Crippen LogP contribution in [0.15, 0.2) is 42.6 Å². The summed E-state index contributed by atoms with van der Waals surface area (Å²) in [6, 6.07) is 10.7. The van der Waals surface area contributed by atoms with Gasteiger partial charge in [-0.25, -0.2) is 4.98 Å². The summed E-state index contributed by atoms with van der Waals surface area (Å²) in [5.74, 6) is 1.77. The summed E-state index contributed by atoms with van der Waals surface area (Å²) in [6.07, 6.45) is 1.68. The number of pyridine rings is 1. The van der Waals surface area contributed by atoms with E-state index in [-0.39, 0.29) is 11.9 Å². The maximum atomic E-state index is 12.0. The summed E-state index contributed by atoms with van der Waals surface area (Å²) < 4.78 is 16.1. The molecular formula is C18H21N3O4. The van der Waals surface area contributed by atoms with Crippen molar-refractivity contribution in [2.24, 2.45) is 0 Å². The summed E-state index contributed by atoms with van der Waals surface area (Å²) in [5, 5.41) is 5.99. The first-order valence-corrected chi connectivity index (χ1v) is 8.10. The quantitative estimate of drug-likeness (QED) is 0.827. The molecule has 25 heavy (non-hydrogen) atoms. The first-order valence-electron chi connectivity index (χ1n) is 8.10. The Labute approximate surface area is 146 Å². The van der Waals surface area contributed by atoms with Crippen molar-refractivity contribution < 1.29 is 19.0 Å². The lowest BCUT2D eigenvalue weighted by Gasteiger charge is -2.22. The molecule has 0 spiro atoms. The normalized spacial score (nSPS) is 16.9. The van der Waals surface area contributed by atoms with Crippen molar-refractivity contribution in [3.63, 3.8) is 0 Å². The predicted molar refractivity (Wildman–Crippen MR) is 91.8 cm³/mol. The van der Waals surface area contributed by atoms with E-state index in [0.717, 1.165) is 11.3 Å². The fourth-order valence-electron chi connectivity index (χ4n) is 2.41. The summed E-state index contributed by atoms with van der Waals surface area (Å²) in [6.45, 7) is 2.14. The highest BCUT2D eigenvalue weighted by Gasteiger charge is 2.20. The lowest BCUT2D eigenvalue weighted by Crippen LogP contribution is -2.51. The van der Waals surface area contributed by atoms with Gasteiger partial charge in [0.25, 0.3) is 0 Å². The molecule has 1 amide bonds. The van der Waals surface area contributed by atoms with Crippen molar-refractivity contribution in [2.75, 3.05) is 26.9 Å². The average molecular weight is 343 g/mol. The molecular weight excluding hydrogens is 322 g/mol. The molecule has 1 atom stereocenters. The molecule has 2 N–H and O–H groups in total. The van der Waals surface area contributed by atoms with Crippen LogP contribution in [0.25, 0.3) is 0 Å². The topological polar surface area (TPSA) is 81.7 Å². The van der Waals surface area contributed by atoms with Crippen molar-refractivity contribution >= 4 is 5.91 Å². The molecule has 7 heteroatoms. The predicted octanol–water partition coefficient (Wildman–Crippen LogP) is 1.49. The van der Waals surface area contributed by atoms with Crippen molar-refractivity contribution in [3.8, 4) is 17.4 Å². The van der Waals surface area contributed by atoms with Crippen LogP contribution in [0, 0.1) is 0 Å². The van der Waals surface area contributed by atoms with E-state index >= 15 is 0 Å². The number of nitrogens with one attached hydrogen (secondary N) is 2. The number of nitrogens with zero attached hydrogens (tertiary/aromatic N) is 1. The fraction of sp³-hybridized carbons (Fsp3) is 0.333. The van der Waals surface area contributed by atoms with Crippen molar-refractivity contribution in [2.45, 2.75) is 12.6 Å². The molecule has 1 aromatic heterocycles. The molecule has 1 fully saturated rings. The number of amides is 1. The minimum absolute atomic E-state index is 0.0728. The van der Waals surface area contributed by atoms with Gasteiger partial charge in [-0.15, -0.1) is 0 Å². The van der Waals surface area contributed by atoms with Gasteiger partial charge in [-0.1, -0.05) is 12.1 Å². The van der Waals surface area contributed by atoms with E-state index in [2.05, 4.69) is 15.6 Å². The van der Waals surface area contributed by atoms with Crippen LogP contribution in [0.4, 0.5) is 0 Å². The average Bonchev–Trinajstić information content (AvgIpc) is 2.68. The molecule has 0 radical (unpaired) electrons. The lowest BCUT2D eigenvalue weighted by molar-refractivity contribution is -0.126. The largest absolute Gasteiger partial charge is 0.497 e. The van der Waals surface area contributed by atoms with Crippen LogP contribution in [0.2, 0.25) is 0 Å². The van der Waals surface area contributed by atoms with Crippen LogP contribution in [-0.2, 0) is 16.1 Å². The third-order valence-electron chi connectivity index (χ3n) is 3.77. The Morgan fingerprint density at radius 2 is 2.24 bits per heavy atom. The highest BCUT2D eigenvalue weighted by atomic mass is 16.5. The first kappa shape index (κ1) is 17.2. The highest BCUT2D eigenvalue weighted by molar-refractivity contribution is 5.81. The molecule has 1 aromatic carbocycles. The van der Waals surface area contributed by atoms with Gasteiger partial charge in [-0.3, -0.25) is 4.79 Å². The van der Waals surface area contributed by atoms with Gasteiger partial charge in [0.1, 0.15) is 17.5 Å². The Bertz CT molecular complexity index is 700. The van der Waals surface area contributed by atoms with Crippen LogP contribution < -0.4 is 20.1 Å². The first-order chi connectivity index (χ1) is 12.2. The molecule has 0 bridgehead atoms. The second-order valence-corrected chi connectivity index (χ2v) is 5.59. The van der Waals surface area contributed by atoms with Crippen LogP contribution in [0.3, 0.4) is 0 Å². The number of carbonyl (C=O) groups is 1.